The number of benzene rings is 3. The zero-order valence-corrected chi connectivity index (χ0v) is 16.3. The zero-order valence-electron chi connectivity index (χ0n) is 16.3. The Kier molecular flexibility index (Phi) is 5.48. The van der Waals surface area contributed by atoms with Gasteiger partial charge < -0.3 is 10.6 Å². The number of anilines is 3. The smallest absolute Gasteiger partial charge is 0.255 e. The average Bonchev–Trinajstić information content (AvgIpc) is 2.76. The second-order valence-electron chi connectivity index (χ2n) is 6.83. The number of hydrogen-bond acceptors (Lipinski definition) is 4. The normalized spacial score (nSPS) is 10.5. The van der Waals surface area contributed by atoms with Crippen LogP contribution >= 0.6 is 0 Å². The molecule has 1 aromatic heterocycles. The van der Waals surface area contributed by atoms with Gasteiger partial charge in [-0.1, -0.05) is 35.9 Å². The summed E-state index contributed by atoms with van der Waals surface area (Å²) in [4.78, 5) is 21.1. The molecule has 2 N–H and O–H groups in total. The highest BCUT2D eigenvalue weighted by Crippen LogP contribution is 2.21. The lowest BCUT2D eigenvalue weighted by Gasteiger charge is -2.09. The Labute approximate surface area is 173 Å². The molecule has 5 nitrogen and oxygen atoms in total. The van der Waals surface area contributed by atoms with Crippen LogP contribution < -0.4 is 10.6 Å². The number of aryl methyl sites for hydroxylation is 1. The largest absolute Gasteiger partial charge is 0.324 e. The molecule has 0 spiro atoms. The van der Waals surface area contributed by atoms with E-state index in [0.29, 0.717) is 28.3 Å². The lowest BCUT2D eigenvalue weighted by Crippen LogP contribution is -2.12. The topological polar surface area (TPSA) is 66.9 Å². The first-order valence-electron chi connectivity index (χ1n) is 9.40. The van der Waals surface area contributed by atoms with Gasteiger partial charge in [0, 0.05) is 34.9 Å². The Morgan fingerprint density at radius 3 is 2.30 bits per heavy atom. The molecule has 1 heterocycles. The summed E-state index contributed by atoms with van der Waals surface area (Å²) in [6, 6.07) is 21.0. The molecule has 0 bridgehead atoms. The molecule has 148 valence electrons. The van der Waals surface area contributed by atoms with Gasteiger partial charge in [0.05, 0.1) is 0 Å². The predicted octanol–water partition coefficient (Wildman–Crippen LogP) is 5.59. The van der Waals surface area contributed by atoms with Crippen LogP contribution in [0.1, 0.15) is 15.9 Å². The molecule has 0 unspecified atom stereocenters. The third-order valence-corrected chi connectivity index (χ3v) is 4.50. The van der Waals surface area contributed by atoms with Crippen molar-refractivity contribution in [2.45, 2.75) is 6.92 Å². The van der Waals surface area contributed by atoms with Crippen LogP contribution in [-0.2, 0) is 0 Å². The van der Waals surface area contributed by atoms with Gasteiger partial charge >= 0.3 is 0 Å². The highest BCUT2D eigenvalue weighted by molar-refractivity contribution is 6.04. The summed E-state index contributed by atoms with van der Waals surface area (Å²) in [6.45, 7) is 1.99. The number of nitrogens with zero attached hydrogens (tertiary/aromatic N) is 2. The van der Waals surface area contributed by atoms with Gasteiger partial charge in [-0.05, 0) is 55.0 Å². The Bertz CT molecular complexity index is 1170. The minimum atomic E-state index is -0.310. The van der Waals surface area contributed by atoms with E-state index in [1.165, 1.54) is 12.1 Å². The second kappa shape index (κ2) is 8.53. The summed E-state index contributed by atoms with van der Waals surface area (Å²) in [5, 5.41) is 5.96. The number of rotatable bonds is 5. The highest BCUT2D eigenvalue weighted by Gasteiger charge is 2.08. The van der Waals surface area contributed by atoms with Gasteiger partial charge in [0.2, 0.25) is 5.95 Å². The van der Waals surface area contributed by atoms with Gasteiger partial charge in [-0.2, -0.15) is 0 Å². The Balaban J connectivity index is 1.46. The van der Waals surface area contributed by atoms with Crippen molar-refractivity contribution < 1.29 is 9.18 Å². The molecular weight excluding hydrogens is 379 g/mol. The highest BCUT2D eigenvalue weighted by atomic mass is 19.1. The van der Waals surface area contributed by atoms with Crippen molar-refractivity contribution in [2.75, 3.05) is 10.6 Å². The first-order valence-corrected chi connectivity index (χ1v) is 9.40. The molecule has 0 radical (unpaired) electrons. The monoisotopic (exact) mass is 398 g/mol. The second-order valence-corrected chi connectivity index (χ2v) is 6.83. The first kappa shape index (κ1) is 19.3. The van der Waals surface area contributed by atoms with Gasteiger partial charge in [0.1, 0.15) is 5.82 Å². The van der Waals surface area contributed by atoms with Crippen molar-refractivity contribution in [2.24, 2.45) is 0 Å². The first-order chi connectivity index (χ1) is 14.6. The van der Waals surface area contributed by atoms with Crippen LogP contribution in [-0.4, -0.2) is 15.9 Å². The van der Waals surface area contributed by atoms with E-state index in [2.05, 4.69) is 20.6 Å². The van der Waals surface area contributed by atoms with E-state index >= 15 is 0 Å². The third kappa shape index (κ3) is 4.67. The quantitative estimate of drug-likeness (QED) is 0.460. The Hall–Kier alpha value is -4.06. The van der Waals surface area contributed by atoms with Crippen LogP contribution in [0.15, 0.2) is 85.2 Å². The molecule has 1 amide bonds. The molecule has 0 aliphatic rings. The van der Waals surface area contributed by atoms with E-state index in [0.717, 1.165) is 11.3 Å². The number of halogens is 1. The molecule has 0 aliphatic heterocycles. The molecule has 0 aliphatic carbocycles. The number of hydrogen-bond donors (Lipinski definition) is 2. The van der Waals surface area contributed by atoms with Gasteiger partial charge in [-0.25, -0.2) is 14.4 Å². The van der Waals surface area contributed by atoms with Crippen molar-refractivity contribution >= 4 is 23.2 Å². The summed E-state index contributed by atoms with van der Waals surface area (Å²) in [5.41, 5.74) is 4.48. The minimum Gasteiger partial charge on any atom is -0.324 e. The van der Waals surface area contributed by atoms with E-state index in [9.17, 15) is 9.18 Å². The van der Waals surface area contributed by atoms with Gasteiger partial charge in [-0.15, -0.1) is 0 Å². The van der Waals surface area contributed by atoms with Gasteiger partial charge in [0.25, 0.3) is 5.91 Å². The summed E-state index contributed by atoms with van der Waals surface area (Å²) in [6.07, 6.45) is 3.25. The Morgan fingerprint density at radius 2 is 1.57 bits per heavy atom. The van der Waals surface area contributed by atoms with Crippen molar-refractivity contribution in [3.8, 4) is 11.1 Å². The molecule has 0 fully saturated rings. The van der Waals surface area contributed by atoms with Crippen molar-refractivity contribution in [3.63, 3.8) is 0 Å². The Morgan fingerprint density at radius 1 is 0.833 bits per heavy atom. The van der Waals surface area contributed by atoms with Crippen LogP contribution in [0, 0.1) is 12.7 Å². The molecule has 0 atom stereocenters. The average molecular weight is 398 g/mol. The van der Waals surface area contributed by atoms with E-state index in [1.54, 1.807) is 42.7 Å². The van der Waals surface area contributed by atoms with Crippen LogP contribution in [0.4, 0.5) is 21.7 Å². The minimum absolute atomic E-state index is 0.204. The number of nitrogens with one attached hydrogen (secondary N) is 2. The van der Waals surface area contributed by atoms with Gasteiger partial charge in [-0.3, -0.25) is 4.79 Å². The molecule has 0 saturated heterocycles. The fourth-order valence-corrected chi connectivity index (χ4v) is 2.92. The molecule has 4 aromatic rings. The summed E-state index contributed by atoms with van der Waals surface area (Å²) in [5.74, 6) is -0.133. The lowest BCUT2D eigenvalue weighted by atomic mass is 10.1. The van der Waals surface area contributed by atoms with E-state index in [-0.39, 0.29) is 11.7 Å². The van der Waals surface area contributed by atoms with E-state index < -0.39 is 0 Å². The van der Waals surface area contributed by atoms with Crippen LogP contribution in [0.3, 0.4) is 0 Å². The number of carbonyl (C=O) groups excluding carboxylic acids is 1. The number of carbonyl (C=O) groups is 1. The standard InChI is InChI=1S/C24H19FN4O/c1-16-8-10-21(11-9-16)28-23(30)18-5-3-7-22(13-18)29-24-26-14-19(15-27-24)17-4-2-6-20(25)12-17/h2-15H,1H3,(H,28,30)(H,26,27,29). The summed E-state index contributed by atoms with van der Waals surface area (Å²) in [7, 11) is 0. The molecule has 3 aromatic carbocycles. The SMILES string of the molecule is Cc1ccc(NC(=O)c2cccc(Nc3ncc(-c4cccc(F)c4)cn3)c2)cc1. The maximum absolute atomic E-state index is 13.4. The number of amides is 1. The fraction of sp³-hybridized carbons (Fsp3) is 0.0417. The number of aromatic nitrogens is 2. The van der Waals surface area contributed by atoms with E-state index in [1.807, 2.05) is 37.3 Å². The third-order valence-electron chi connectivity index (χ3n) is 4.50. The lowest BCUT2D eigenvalue weighted by molar-refractivity contribution is 0.102. The molecule has 30 heavy (non-hydrogen) atoms. The van der Waals surface area contributed by atoms with Crippen molar-refractivity contribution in [1.82, 2.24) is 9.97 Å². The maximum Gasteiger partial charge on any atom is 0.255 e. The fourth-order valence-electron chi connectivity index (χ4n) is 2.92. The molecular formula is C24H19FN4O. The van der Waals surface area contributed by atoms with Crippen LogP contribution in [0.25, 0.3) is 11.1 Å². The van der Waals surface area contributed by atoms with Gasteiger partial charge in [0.15, 0.2) is 0 Å². The summed E-state index contributed by atoms with van der Waals surface area (Å²) < 4.78 is 13.4. The predicted molar refractivity (Wildman–Crippen MR) is 116 cm³/mol. The van der Waals surface area contributed by atoms with Crippen LogP contribution in [0.5, 0.6) is 0 Å². The summed E-state index contributed by atoms with van der Waals surface area (Å²) >= 11 is 0. The molecule has 4 rings (SSSR count). The zero-order chi connectivity index (χ0) is 20.9. The molecule has 0 saturated carbocycles. The maximum atomic E-state index is 13.4. The van der Waals surface area contributed by atoms with E-state index in [4.69, 9.17) is 0 Å². The van der Waals surface area contributed by atoms with Crippen molar-refractivity contribution in [3.05, 3.63) is 102 Å². The van der Waals surface area contributed by atoms with Crippen LogP contribution in [0.2, 0.25) is 0 Å². The molecule has 6 heteroatoms. The van der Waals surface area contributed by atoms with Crippen molar-refractivity contribution in [1.29, 1.82) is 0 Å².